The predicted octanol–water partition coefficient (Wildman–Crippen LogP) is 6.93. The first kappa shape index (κ1) is 32.2. The molecule has 2 saturated heterocycles. The number of rotatable bonds is 11. The Morgan fingerprint density at radius 2 is 1.41 bits per heavy atom. The van der Waals surface area contributed by atoms with E-state index >= 15 is 0 Å². The standard InChI is InChI=1S/C35H39Cl2N7O2/c1-22-13-14-23(41-22)17-38-18-30-34(45-2)42-28(19-39-30)26-11-7-9-24(32(26)36)25-10-8-12-27(33(25)37)29-20-40-31(35(43-29)46-3)21-44-15-5-4-6-16-44/h7-12,19-20,23,38,41H,1,4-6,13-18,21H2,2-3H3/t23-/m0/s1. The highest BCUT2D eigenvalue weighted by Crippen LogP contribution is 2.42. The number of piperidine rings is 1. The summed E-state index contributed by atoms with van der Waals surface area (Å²) in [6.45, 7) is 8.19. The van der Waals surface area contributed by atoms with Crippen LogP contribution < -0.4 is 20.1 Å². The highest BCUT2D eigenvalue weighted by Gasteiger charge is 2.21. The summed E-state index contributed by atoms with van der Waals surface area (Å²) in [7, 11) is 3.23. The third-order valence-electron chi connectivity index (χ3n) is 8.56. The molecule has 6 rings (SSSR count). The van der Waals surface area contributed by atoms with Gasteiger partial charge in [-0.15, -0.1) is 0 Å². The van der Waals surface area contributed by atoms with Crippen molar-refractivity contribution in [2.45, 2.75) is 51.2 Å². The molecule has 0 radical (unpaired) electrons. The van der Waals surface area contributed by atoms with E-state index < -0.39 is 0 Å². The molecule has 46 heavy (non-hydrogen) atoms. The number of halogens is 2. The summed E-state index contributed by atoms with van der Waals surface area (Å²) >= 11 is 14.1. The molecule has 0 saturated carbocycles. The van der Waals surface area contributed by atoms with Crippen molar-refractivity contribution < 1.29 is 9.47 Å². The van der Waals surface area contributed by atoms with Crippen LogP contribution in [0.3, 0.4) is 0 Å². The first-order chi connectivity index (χ1) is 22.4. The lowest BCUT2D eigenvalue weighted by Gasteiger charge is -2.26. The fourth-order valence-corrected chi connectivity index (χ4v) is 6.76. The van der Waals surface area contributed by atoms with Crippen molar-refractivity contribution in [1.82, 2.24) is 35.5 Å². The van der Waals surface area contributed by atoms with E-state index in [0.717, 1.165) is 71.8 Å². The van der Waals surface area contributed by atoms with E-state index in [1.165, 1.54) is 19.3 Å². The van der Waals surface area contributed by atoms with Crippen molar-refractivity contribution in [1.29, 1.82) is 0 Å². The maximum Gasteiger partial charge on any atom is 0.237 e. The Labute approximate surface area is 280 Å². The first-order valence-corrected chi connectivity index (χ1v) is 16.5. The van der Waals surface area contributed by atoms with Gasteiger partial charge in [0.1, 0.15) is 11.4 Å². The number of likely N-dealkylation sites (tertiary alicyclic amines) is 1. The van der Waals surface area contributed by atoms with Crippen LogP contribution in [0.2, 0.25) is 10.0 Å². The molecule has 4 aromatic rings. The van der Waals surface area contributed by atoms with Gasteiger partial charge in [-0.3, -0.25) is 14.9 Å². The summed E-state index contributed by atoms with van der Waals surface area (Å²) in [5.41, 5.74) is 6.88. The van der Waals surface area contributed by atoms with Crippen molar-refractivity contribution in [2.24, 2.45) is 0 Å². The monoisotopic (exact) mass is 659 g/mol. The Balaban J connectivity index is 1.24. The summed E-state index contributed by atoms with van der Waals surface area (Å²) in [6.07, 6.45) is 9.27. The van der Waals surface area contributed by atoms with E-state index in [2.05, 4.69) is 27.1 Å². The zero-order valence-corrected chi connectivity index (χ0v) is 27.8. The van der Waals surface area contributed by atoms with Crippen molar-refractivity contribution in [2.75, 3.05) is 33.9 Å². The molecule has 0 unspecified atom stereocenters. The third kappa shape index (κ3) is 7.13. The van der Waals surface area contributed by atoms with Crippen LogP contribution in [0.4, 0.5) is 0 Å². The van der Waals surface area contributed by atoms with Gasteiger partial charge in [-0.05, 0) is 38.8 Å². The lowest BCUT2D eigenvalue weighted by Crippen LogP contribution is -2.33. The van der Waals surface area contributed by atoms with Crippen LogP contribution in [0.1, 0.15) is 43.5 Å². The van der Waals surface area contributed by atoms with Crippen molar-refractivity contribution in [3.63, 3.8) is 0 Å². The zero-order chi connectivity index (χ0) is 32.0. The lowest BCUT2D eigenvalue weighted by atomic mass is 9.98. The van der Waals surface area contributed by atoms with E-state index in [4.69, 9.17) is 47.6 Å². The molecule has 0 aliphatic carbocycles. The molecule has 2 aliphatic rings. The number of aromatic nitrogens is 4. The minimum Gasteiger partial charge on any atom is -0.480 e. The topological polar surface area (TPSA) is 97.3 Å². The first-order valence-electron chi connectivity index (χ1n) is 15.7. The Morgan fingerprint density at radius 1 is 0.848 bits per heavy atom. The highest BCUT2D eigenvalue weighted by atomic mass is 35.5. The van der Waals surface area contributed by atoms with Gasteiger partial charge in [0, 0.05) is 53.6 Å². The number of allylic oxidation sites excluding steroid dienone is 1. The number of hydrogen-bond donors (Lipinski definition) is 2. The molecule has 2 fully saturated rings. The van der Waals surface area contributed by atoms with E-state index in [1.54, 1.807) is 26.6 Å². The van der Waals surface area contributed by atoms with Crippen LogP contribution in [0.15, 0.2) is 61.1 Å². The van der Waals surface area contributed by atoms with Gasteiger partial charge in [0.25, 0.3) is 0 Å². The molecule has 0 bridgehead atoms. The van der Waals surface area contributed by atoms with Gasteiger partial charge in [-0.2, -0.15) is 0 Å². The number of nitrogens with zero attached hydrogens (tertiary/aromatic N) is 5. The number of hydrogen-bond acceptors (Lipinski definition) is 9. The molecule has 9 nitrogen and oxygen atoms in total. The van der Waals surface area contributed by atoms with E-state index in [1.807, 2.05) is 36.4 Å². The summed E-state index contributed by atoms with van der Waals surface area (Å²) in [5, 5.41) is 7.88. The van der Waals surface area contributed by atoms with E-state index in [-0.39, 0.29) is 0 Å². The second-order valence-corrected chi connectivity index (χ2v) is 12.5. The fraction of sp³-hybridized carbons (Fsp3) is 0.371. The van der Waals surface area contributed by atoms with Gasteiger partial charge in [0.2, 0.25) is 11.8 Å². The molecule has 240 valence electrons. The summed E-state index contributed by atoms with van der Waals surface area (Å²) in [4.78, 5) is 21.4. The molecule has 2 aromatic heterocycles. The van der Waals surface area contributed by atoms with Crippen LogP contribution in [0.5, 0.6) is 11.8 Å². The average molecular weight is 661 g/mol. The van der Waals surface area contributed by atoms with Crippen LogP contribution >= 0.6 is 23.2 Å². The molecule has 2 aromatic carbocycles. The normalized spacial score (nSPS) is 16.8. The molecule has 4 heterocycles. The maximum absolute atomic E-state index is 7.07. The summed E-state index contributed by atoms with van der Waals surface area (Å²) in [6, 6.07) is 12.0. The average Bonchev–Trinajstić information content (AvgIpc) is 3.50. The van der Waals surface area contributed by atoms with Gasteiger partial charge < -0.3 is 20.1 Å². The Morgan fingerprint density at radius 3 is 1.98 bits per heavy atom. The molecule has 2 N–H and O–H groups in total. The summed E-state index contributed by atoms with van der Waals surface area (Å²) in [5.74, 6) is 0.961. The molecular weight excluding hydrogens is 621 g/mol. The predicted molar refractivity (Wildman–Crippen MR) is 183 cm³/mol. The van der Waals surface area contributed by atoms with Gasteiger partial charge in [-0.25, -0.2) is 9.97 Å². The van der Waals surface area contributed by atoms with Gasteiger partial charge >= 0.3 is 0 Å². The fourth-order valence-electron chi connectivity index (χ4n) is 6.11. The van der Waals surface area contributed by atoms with E-state index in [0.29, 0.717) is 52.3 Å². The number of ether oxygens (including phenoxy) is 2. The van der Waals surface area contributed by atoms with Crippen molar-refractivity contribution >= 4 is 23.2 Å². The van der Waals surface area contributed by atoms with Crippen LogP contribution in [-0.2, 0) is 13.1 Å². The van der Waals surface area contributed by atoms with Gasteiger partial charge in [-0.1, -0.05) is 72.6 Å². The molecule has 1 atom stereocenters. The Kier molecular flexibility index (Phi) is 10.3. The third-order valence-corrected chi connectivity index (χ3v) is 9.37. The van der Waals surface area contributed by atoms with Gasteiger partial charge in [0.05, 0.1) is 48.0 Å². The van der Waals surface area contributed by atoms with E-state index in [9.17, 15) is 0 Å². The van der Waals surface area contributed by atoms with Crippen molar-refractivity contribution in [3.8, 4) is 45.4 Å². The second kappa shape index (κ2) is 14.8. The molecule has 2 aliphatic heterocycles. The number of nitrogens with one attached hydrogen (secondary N) is 2. The Hall–Kier alpha value is -3.76. The minimum atomic E-state index is 0.371. The van der Waals surface area contributed by atoms with Crippen LogP contribution in [0.25, 0.3) is 33.6 Å². The second-order valence-electron chi connectivity index (χ2n) is 11.7. The molecule has 0 spiro atoms. The summed E-state index contributed by atoms with van der Waals surface area (Å²) < 4.78 is 11.3. The largest absolute Gasteiger partial charge is 0.480 e. The number of methoxy groups -OCH3 is 2. The van der Waals surface area contributed by atoms with Crippen molar-refractivity contribution in [3.05, 3.63) is 82.5 Å². The van der Waals surface area contributed by atoms with Crippen LogP contribution in [-0.4, -0.2) is 64.7 Å². The molecular formula is C35H39Cl2N7O2. The lowest BCUT2D eigenvalue weighted by molar-refractivity contribution is 0.214. The SMILES string of the molecule is C=C1CC[C@@H](CNCc2ncc(-c3cccc(-c4cccc(-c5cnc(CN6CCCCC6)c(OC)n5)c4Cl)c3Cl)nc2OC)N1. The number of benzene rings is 2. The minimum absolute atomic E-state index is 0.371. The smallest absolute Gasteiger partial charge is 0.237 e. The van der Waals surface area contributed by atoms with Gasteiger partial charge in [0.15, 0.2) is 0 Å². The Bertz CT molecular complexity index is 1710. The van der Waals surface area contributed by atoms with Crippen LogP contribution in [0, 0.1) is 0 Å². The molecule has 11 heteroatoms. The quantitative estimate of drug-likeness (QED) is 0.178. The zero-order valence-electron chi connectivity index (χ0n) is 26.3. The highest BCUT2D eigenvalue weighted by molar-refractivity contribution is 6.39. The molecule has 0 amide bonds. The maximum atomic E-state index is 7.07.